The van der Waals surface area contributed by atoms with Gasteiger partial charge in [-0.3, -0.25) is 0 Å². The van der Waals surface area contributed by atoms with Crippen molar-refractivity contribution in [1.29, 1.82) is 0 Å². The van der Waals surface area contributed by atoms with Gasteiger partial charge in [0.15, 0.2) is 11.8 Å². The Hall–Kier alpha value is -2.37. The van der Waals surface area contributed by atoms with E-state index in [0.717, 1.165) is 18.3 Å². The van der Waals surface area contributed by atoms with Crippen LogP contribution in [0.5, 0.6) is 0 Å². The van der Waals surface area contributed by atoms with Gasteiger partial charge in [0, 0.05) is 13.6 Å². The van der Waals surface area contributed by atoms with Crippen molar-refractivity contribution in [3.05, 3.63) is 47.5 Å². The topological polar surface area (TPSA) is 67.1 Å². The summed E-state index contributed by atoms with van der Waals surface area (Å²) in [5, 5.41) is 14.4. The van der Waals surface area contributed by atoms with Crippen LogP contribution < -0.4 is 10.6 Å². The summed E-state index contributed by atoms with van der Waals surface area (Å²) in [6, 6.07) is 8.41. The molecule has 0 saturated carbocycles. The number of hydrogen-bond acceptors (Lipinski definition) is 3. The molecule has 0 aliphatic rings. The van der Waals surface area contributed by atoms with Crippen LogP contribution in [-0.2, 0) is 20.1 Å². The lowest BCUT2D eigenvalue weighted by atomic mass is 10.1. The summed E-state index contributed by atoms with van der Waals surface area (Å²) in [7, 11) is 1.92. The Morgan fingerprint density at radius 3 is 2.62 bits per heavy atom. The smallest absolute Gasteiger partial charge is 0.191 e. The summed E-state index contributed by atoms with van der Waals surface area (Å²) < 4.78 is 1.89. The monoisotopic (exact) mass is 286 g/mol. The number of aryl methyl sites for hydroxylation is 2. The molecule has 2 N–H and O–H groups in total. The van der Waals surface area contributed by atoms with Crippen LogP contribution in [0.3, 0.4) is 0 Å². The van der Waals surface area contributed by atoms with E-state index in [0.29, 0.717) is 13.1 Å². The minimum Gasteiger partial charge on any atom is -0.357 e. The van der Waals surface area contributed by atoms with E-state index in [9.17, 15) is 0 Å². The zero-order chi connectivity index (χ0) is 15.1. The number of aromatic nitrogens is 3. The fraction of sp³-hybridized carbons (Fsp3) is 0.400. The summed E-state index contributed by atoms with van der Waals surface area (Å²) in [5.74, 6) is 1.65. The van der Waals surface area contributed by atoms with Crippen LogP contribution in [0, 0.1) is 6.92 Å². The maximum absolute atomic E-state index is 4.58. The van der Waals surface area contributed by atoms with Gasteiger partial charge in [0.05, 0.1) is 13.1 Å². The first-order valence-corrected chi connectivity index (χ1v) is 7.09. The van der Waals surface area contributed by atoms with Crippen molar-refractivity contribution in [2.45, 2.75) is 26.9 Å². The molecule has 6 heteroatoms. The van der Waals surface area contributed by atoms with Gasteiger partial charge in [0.25, 0.3) is 0 Å². The minimum absolute atomic E-state index is 0.593. The Morgan fingerprint density at radius 2 is 2.00 bits per heavy atom. The minimum atomic E-state index is 0.593. The van der Waals surface area contributed by atoms with E-state index in [-0.39, 0.29) is 0 Å². The molecule has 112 valence electrons. The highest BCUT2D eigenvalue weighted by atomic mass is 15.3. The van der Waals surface area contributed by atoms with Crippen LogP contribution in [0.15, 0.2) is 35.6 Å². The van der Waals surface area contributed by atoms with Gasteiger partial charge in [-0.2, -0.15) is 0 Å². The fourth-order valence-electron chi connectivity index (χ4n) is 1.84. The highest BCUT2D eigenvalue weighted by Gasteiger charge is 2.02. The number of aliphatic imine (C=N–C) groups is 1. The van der Waals surface area contributed by atoms with E-state index in [4.69, 9.17) is 0 Å². The summed E-state index contributed by atoms with van der Waals surface area (Å²) in [4.78, 5) is 4.58. The highest BCUT2D eigenvalue weighted by molar-refractivity contribution is 5.79. The number of nitrogens with one attached hydrogen (secondary N) is 2. The summed E-state index contributed by atoms with van der Waals surface area (Å²) in [6.07, 6.45) is 1.69. The molecule has 0 radical (unpaired) electrons. The molecule has 6 nitrogen and oxygen atoms in total. The van der Waals surface area contributed by atoms with E-state index in [1.54, 1.807) is 6.33 Å². The second kappa shape index (κ2) is 7.42. The van der Waals surface area contributed by atoms with Gasteiger partial charge in [0.1, 0.15) is 6.33 Å². The third-order valence-corrected chi connectivity index (χ3v) is 3.10. The first-order valence-electron chi connectivity index (χ1n) is 7.09. The second-order valence-electron chi connectivity index (χ2n) is 4.89. The van der Waals surface area contributed by atoms with Crippen LogP contribution >= 0.6 is 0 Å². The molecule has 0 atom stereocenters. The number of guanidine groups is 1. The van der Waals surface area contributed by atoms with Crippen molar-refractivity contribution in [1.82, 2.24) is 25.4 Å². The molecule has 1 heterocycles. The van der Waals surface area contributed by atoms with Crippen LogP contribution in [-0.4, -0.2) is 27.3 Å². The van der Waals surface area contributed by atoms with Crippen molar-refractivity contribution >= 4 is 5.96 Å². The second-order valence-corrected chi connectivity index (χ2v) is 4.89. The van der Waals surface area contributed by atoms with Gasteiger partial charge < -0.3 is 15.2 Å². The van der Waals surface area contributed by atoms with E-state index in [1.807, 2.05) is 18.5 Å². The Balaban J connectivity index is 1.95. The maximum atomic E-state index is 4.58. The van der Waals surface area contributed by atoms with E-state index in [2.05, 4.69) is 57.0 Å². The molecular weight excluding hydrogens is 264 g/mol. The van der Waals surface area contributed by atoms with E-state index < -0.39 is 0 Å². The molecule has 0 amide bonds. The zero-order valence-electron chi connectivity index (χ0n) is 12.8. The highest BCUT2D eigenvalue weighted by Crippen LogP contribution is 2.04. The lowest BCUT2D eigenvalue weighted by Crippen LogP contribution is -2.37. The molecule has 0 bridgehead atoms. The largest absolute Gasteiger partial charge is 0.357 e. The van der Waals surface area contributed by atoms with Gasteiger partial charge in [-0.05, 0) is 19.4 Å². The van der Waals surface area contributed by atoms with Crippen LogP contribution in [0.25, 0.3) is 0 Å². The summed E-state index contributed by atoms with van der Waals surface area (Å²) in [5.41, 5.74) is 2.45. The Bertz CT molecular complexity index is 584. The van der Waals surface area contributed by atoms with Crippen molar-refractivity contribution in [2.24, 2.45) is 12.0 Å². The van der Waals surface area contributed by atoms with Gasteiger partial charge in [0.2, 0.25) is 0 Å². The first-order chi connectivity index (χ1) is 10.2. The molecule has 0 fully saturated rings. The Labute approximate surface area is 125 Å². The third-order valence-electron chi connectivity index (χ3n) is 3.10. The zero-order valence-corrected chi connectivity index (χ0v) is 12.8. The molecule has 0 unspecified atom stereocenters. The number of rotatable bonds is 5. The SMILES string of the molecule is CCNC(=NCc1ccc(C)cc1)NCc1nncn1C. The van der Waals surface area contributed by atoms with Crippen molar-refractivity contribution in [3.63, 3.8) is 0 Å². The normalized spacial score (nSPS) is 11.5. The average molecular weight is 286 g/mol. The Morgan fingerprint density at radius 1 is 1.24 bits per heavy atom. The molecule has 0 aliphatic heterocycles. The lowest BCUT2D eigenvalue weighted by molar-refractivity contribution is 0.726. The summed E-state index contributed by atoms with van der Waals surface area (Å²) >= 11 is 0. The number of nitrogens with zero attached hydrogens (tertiary/aromatic N) is 4. The molecule has 1 aromatic heterocycles. The van der Waals surface area contributed by atoms with Crippen molar-refractivity contribution in [3.8, 4) is 0 Å². The molecular formula is C15H22N6. The van der Waals surface area contributed by atoms with Crippen LogP contribution in [0.4, 0.5) is 0 Å². The van der Waals surface area contributed by atoms with Gasteiger partial charge in [-0.15, -0.1) is 10.2 Å². The number of hydrogen-bond donors (Lipinski definition) is 2. The van der Waals surface area contributed by atoms with Gasteiger partial charge in [-0.1, -0.05) is 29.8 Å². The molecule has 0 saturated heterocycles. The molecule has 21 heavy (non-hydrogen) atoms. The maximum Gasteiger partial charge on any atom is 0.191 e. The first kappa shape index (κ1) is 15.0. The Kier molecular flexibility index (Phi) is 5.31. The molecule has 2 rings (SSSR count). The standard InChI is InChI=1S/C15H22N6/c1-4-16-15(18-10-14-20-19-11-21(14)3)17-9-13-7-5-12(2)6-8-13/h5-8,11H,4,9-10H2,1-3H3,(H2,16,17,18). The molecule has 1 aromatic carbocycles. The molecule has 0 aliphatic carbocycles. The predicted octanol–water partition coefficient (Wildman–Crippen LogP) is 1.38. The van der Waals surface area contributed by atoms with E-state index in [1.165, 1.54) is 11.1 Å². The predicted molar refractivity (Wildman–Crippen MR) is 83.8 cm³/mol. The third kappa shape index (κ3) is 4.59. The van der Waals surface area contributed by atoms with Gasteiger partial charge >= 0.3 is 0 Å². The fourth-order valence-corrected chi connectivity index (χ4v) is 1.84. The van der Waals surface area contributed by atoms with E-state index >= 15 is 0 Å². The quantitative estimate of drug-likeness (QED) is 0.644. The van der Waals surface area contributed by atoms with Crippen molar-refractivity contribution in [2.75, 3.05) is 6.54 Å². The van der Waals surface area contributed by atoms with Crippen LogP contribution in [0.2, 0.25) is 0 Å². The average Bonchev–Trinajstić information content (AvgIpc) is 2.89. The lowest BCUT2D eigenvalue weighted by Gasteiger charge is -2.10. The van der Waals surface area contributed by atoms with Crippen molar-refractivity contribution < 1.29 is 0 Å². The van der Waals surface area contributed by atoms with Gasteiger partial charge in [-0.25, -0.2) is 4.99 Å². The molecule has 0 spiro atoms. The number of benzene rings is 1. The van der Waals surface area contributed by atoms with Crippen LogP contribution in [0.1, 0.15) is 23.9 Å². The summed E-state index contributed by atoms with van der Waals surface area (Å²) in [6.45, 7) is 6.19. The molecule has 2 aromatic rings.